The molecular formula is C16H28N2O3. The summed E-state index contributed by atoms with van der Waals surface area (Å²) < 4.78 is 4.82. The second-order valence-corrected chi connectivity index (χ2v) is 6.39. The number of carbonyl (C=O) groups excluding carboxylic acids is 2. The van der Waals surface area contributed by atoms with E-state index in [2.05, 4.69) is 4.90 Å². The monoisotopic (exact) mass is 296 g/mol. The van der Waals surface area contributed by atoms with Crippen molar-refractivity contribution >= 4 is 11.9 Å². The van der Waals surface area contributed by atoms with Crippen LogP contribution in [0.5, 0.6) is 0 Å². The van der Waals surface area contributed by atoms with Gasteiger partial charge in [0, 0.05) is 19.6 Å². The number of methoxy groups -OCH3 is 1. The molecule has 0 N–H and O–H groups in total. The molecule has 5 heteroatoms. The highest BCUT2D eigenvalue weighted by Crippen LogP contribution is 2.22. The Morgan fingerprint density at radius 3 is 2.52 bits per heavy atom. The summed E-state index contributed by atoms with van der Waals surface area (Å²) in [5.74, 6) is -0.0308. The Morgan fingerprint density at radius 1 is 1.14 bits per heavy atom. The fraction of sp³-hybridized carbons (Fsp3) is 0.875. The highest BCUT2D eigenvalue weighted by molar-refractivity contribution is 5.78. The van der Waals surface area contributed by atoms with Crippen molar-refractivity contribution in [2.24, 2.45) is 5.92 Å². The van der Waals surface area contributed by atoms with E-state index in [1.165, 1.54) is 26.4 Å². The van der Waals surface area contributed by atoms with Gasteiger partial charge in [-0.1, -0.05) is 19.3 Å². The predicted octanol–water partition coefficient (Wildman–Crippen LogP) is 1.66. The molecular weight excluding hydrogens is 268 g/mol. The fourth-order valence-electron chi connectivity index (χ4n) is 3.53. The third-order valence-corrected chi connectivity index (χ3v) is 4.91. The van der Waals surface area contributed by atoms with E-state index >= 15 is 0 Å². The van der Waals surface area contributed by atoms with Gasteiger partial charge in [-0.3, -0.25) is 14.5 Å². The third kappa shape index (κ3) is 4.43. The first-order chi connectivity index (χ1) is 10.1. The van der Waals surface area contributed by atoms with E-state index in [0.717, 1.165) is 32.2 Å². The molecule has 120 valence electrons. The quantitative estimate of drug-likeness (QED) is 0.740. The van der Waals surface area contributed by atoms with E-state index in [1.54, 1.807) is 0 Å². The molecule has 1 amide bonds. The van der Waals surface area contributed by atoms with Crippen LogP contribution in [0.1, 0.15) is 44.9 Å². The van der Waals surface area contributed by atoms with Crippen LogP contribution in [0, 0.1) is 5.92 Å². The molecule has 2 rings (SSSR count). The van der Waals surface area contributed by atoms with Crippen molar-refractivity contribution in [3.05, 3.63) is 0 Å². The summed E-state index contributed by atoms with van der Waals surface area (Å²) in [6.45, 7) is 1.98. The number of rotatable bonds is 4. The Hall–Kier alpha value is -1.10. The second-order valence-electron chi connectivity index (χ2n) is 6.39. The zero-order valence-corrected chi connectivity index (χ0v) is 13.3. The molecule has 1 aliphatic carbocycles. The Kier molecular flexibility index (Phi) is 6.03. The van der Waals surface area contributed by atoms with Crippen molar-refractivity contribution in [3.63, 3.8) is 0 Å². The zero-order valence-electron chi connectivity index (χ0n) is 13.3. The highest BCUT2D eigenvalue weighted by atomic mass is 16.5. The number of carbonyl (C=O) groups is 2. The zero-order chi connectivity index (χ0) is 15.2. The maximum atomic E-state index is 12.4. The molecule has 1 aliphatic heterocycles. The van der Waals surface area contributed by atoms with E-state index in [9.17, 15) is 9.59 Å². The van der Waals surface area contributed by atoms with Gasteiger partial charge in [-0.25, -0.2) is 0 Å². The minimum absolute atomic E-state index is 0.0727. The molecule has 0 radical (unpaired) electrons. The maximum absolute atomic E-state index is 12.4. The Balaban J connectivity index is 1.82. The molecule has 1 saturated carbocycles. The van der Waals surface area contributed by atoms with Gasteiger partial charge in [0.2, 0.25) is 5.91 Å². The number of piperidine rings is 1. The smallest absolute Gasteiger partial charge is 0.309 e. The maximum Gasteiger partial charge on any atom is 0.309 e. The van der Waals surface area contributed by atoms with E-state index in [-0.39, 0.29) is 17.8 Å². The van der Waals surface area contributed by atoms with Gasteiger partial charge in [-0.15, -0.1) is 0 Å². The van der Waals surface area contributed by atoms with E-state index in [0.29, 0.717) is 19.1 Å². The molecule has 2 aliphatic rings. The van der Waals surface area contributed by atoms with E-state index in [4.69, 9.17) is 4.74 Å². The Labute approximate surface area is 127 Å². The summed E-state index contributed by atoms with van der Waals surface area (Å²) in [5, 5.41) is 0. The second kappa shape index (κ2) is 7.78. The minimum atomic E-state index is -0.146. The summed E-state index contributed by atoms with van der Waals surface area (Å²) >= 11 is 0. The lowest BCUT2D eigenvalue weighted by Gasteiger charge is -2.35. The molecule has 2 fully saturated rings. The van der Waals surface area contributed by atoms with Crippen molar-refractivity contribution in [2.45, 2.75) is 51.0 Å². The first kappa shape index (κ1) is 16.3. The van der Waals surface area contributed by atoms with Gasteiger partial charge < -0.3 is 9.64 Å². The van der Waals surface area contributed by atoms with Crippen LogP contribution < -0.4 is 0 Å². The first-order valence-corrected chi connectivity index (χ1v) is 8.17. The molecule has 1 saturated heterocycles. The number of hydrogen-bond acceptors (Lipinski definition) is 4. The SMILES string of the molecule is COC(=O)C1CCCN(CC(=O)N(C)C2CCCCC2)C1. The van der Waals surface area contributed by atoms with Crippen LogP contribution in [0.2, 0.25) is 0 Å². The molecule has 21 heavy (non-hydrogen) atoms. The normalized spacial score (nSPS) is 24.6. The molecule has 0 aromatic heterocycles. The average Bonchev–Trinajstić information content (AvgIpc) is 2.54. The standard InChI is InChI=1S/C16H28N2O3/c1-17(14-8-4-3-5-9-14)15(19)12-18-10-6-7-13(11-18)16(20)21-2/h13-14H,3-12H2,1-2H3. The van der Waals surface area contributed by atoms with Gasteiger partial charge in [0.15, 0.2) is 0 Å². The number of esters is 1. The van der Waals surface area contributed by atoms with E-state index in [1.807, 2.05) is 11.9 Å². The molecule has 5 nitrogen and oxygen atoms in total. The Morgan fingerprint density at radius 2 is 1.86 bits per heavy atom. The molecule has 0 aromatic carbocycles. The molecule has 1 heterocycles. The van der Waals surface area contributed by atoms with Gasteiger partial charge in [0.05, 0.1) is 19.6 Å². The average molecular weight is 296 g/mol. The Bertz CT molecular complexity index is 367. The first-order valence-electron chi connectivity index (χ1n) is 8.17. The summed E-state index contributed by atoms with van der Waals surface area (Å²) in [5.41, 5.74) is 0. The van der Waals surface area contributed by atoms with Crippen LogP contribution in [-0.4, -0.2) is 61.5 Å². The largest absolute Gasteiger partial charge is 0.469 e. The number of likely N-dealkylation sites (N-methyl/N-ethyl adjacent to an activating group) is 1. The summed E-state index contributed by atoms with van der Waals surface area (Å²) in [4.78, 5) is 28.1. The van der Waals surface area contributed by atoms with Crippen molar-refractivity contribution in [1.82, 2.24) is 9.80 Å². The molecule has 0 bridgehead atoms. The predicted molar refractivity (Wildman–Crippen MR) is 80.8 cm³/mol. The lowest BCUT2D eigenvalue weighted by atomic mass is 9.94. The van der Waals surface area contributed by atoms with Crippen LogP contribution >= 0.6 is 0 Å². The number of ether oxygens (including phenoxy) is 1. The number of hydrogen-bond donors (Lipinski definition) is 0. The highest BCUT2D eigenvalue weighted by Gasteiger charge is 2.29. The van der Waals surface area contributed by atoms with Crippen LogP contribution in [0.25, 0.3) is 0 Å². The number of amides is 1. The molecule has 1 atom stereocenters. The van der Waals surface area contributed by atoms with Gasteiger partial charge in [-0.2, -0.15) is 0 Å². The van der Waals surface area contributed by atoms with E-state index < -0.39 is 0 Å². The third-order valence-electron chi connectivity index (χ3n) is 4.91. The topological polar surface area (TPSA) is 49.9 Å². The number of likely N-dealkylation sites (tertiary alicyclic amines) is 1. The summed E-state index contributed by atoms with van der Waals surface area (Å²) in [6, 6.07) is 0.410. The fourth-order valence-corrected chi connectivity index (χ4v) is 3.53. The van der Waals surface area contributed by atoms with Crippen LogP contribution in [0.4, 0.5) is 0 Å². The van der Waals surface area contributed by atoms with Gasteiger partial charge >= 0.3 is 5.97 Å². The molecule has 1 unspecified atom stereocenters. The van der Waals surface area contributed by atoms with Gasteiger partial charge in [-0.05, 0) is 32.2 Å². The van der Waals surface area contributed by atoms with Crippen LogP contribution in [-0.2, 0) is 14.3 Å². The summed E-state index contributed by atoms with van der Waals surface area (Å²) in [6.07, 6.45) is 7.86. The molecule has 0 aromatic rings. The van der Waals surface area contributed by atoms with Crippen molar-refractivity contribution < 1.29 is 14.3 Å². The van der Waals surface area contributed by atoms with Crippen molar-refractivity contribution in [1.29, 1.82) is 0 Å². The lowest BCUT2D eigenvalue weighted by molar-refractivity contribution is -0.148. The molecule has 0 spiro atoms. The summed E-state index contributed by atoms with van der Waals surface area (Å²) in [7, 11) is 3.36. The van der Waals surface area contributed by atoms with Gasteiger partial charge in [0.25, 0.3) is 0 Å². The number of nitrogens with zero attached hydrogens (tertiary/aromatic N) is 2. The van der Waals surface area contributed by atoms with Crippen molar-refractivity contribution in [3.8, 4) is 0 Å². The minimum Gasteiger partial charge on any atom is -0.469 e. The lowest BCUT2D eigenvalue weighted by Crippen LogP contribution is -2.47. The van der Waals surface area contributed by atoms with Gasteiger partial charge in [0.1, 0.15) is 0 Å². The van der Waals surface area contributed by atoms with Crippen molar-refractivity contribution in [2.75, 3.05) is 33.8 Å². The van der Waals surface area contributed by atoms with Crippen LogP contribution in [0.3, 0.4) is 0 Å². The van der Waals surface area contributed by atoms with Crippen LogP contribution in [0.15, 0.2) is 0 Å².